The van der Waals surface area contributed by atoms with Gasteiger partial charge in [0.1, 0.15) is 5.83 Å². The Bertz CT molecular complexity index is 1450. The number of H-pyrrole nitrogens is 1. The molecule has 0 bridgehead atoms. The third kappa shape index (κ3) is 4.60. The van der Waals surface area contributed by atoms with Crippen LogP contribution in [0.5, 0.6) is 0 Å². The molecule has 0 amide bonds. The summed E-state index contributed by atoms with van der Waals surface area (Å²) >= 11 is 0. The quantitative estimate of drug-likeness (QED) is 0.397. The van der Waals surface area contributed by atoms with Gasteiger partial charge in [0, 0.05) is 48.4 Å². The number of nitrogens with zero attached hydrogens (tertiary/aromatic N) is 5. The number of aromatic amines is 1. The molecule has 180 valence electrons. The van der Waals surface area contributed by atoms with Gasteiger partial charge in [-0.05, 0) is 54.1 Å². The summed E-state index contributed by atoms with van der Waals surface area (Å²) in [7, 11) is -0.648. The van der Waals surface area contributed by atoms with Crippen LogP contribution in [-0.4, -0.2) is 58.6 Å². The summed E-state index contributed by atoms with van der Waals surface area (Å²) in [5.41, 5.74) is 9.28. The molecular formula is C22H25ClFN7O2S. The number of rotatable bonds is 7. The van der Waals surface area contributed by atoms with Crippen LogP contribution in [-0.2, 0) is 16.6 Å². The lowest BCUT2D eigenvalue weighted by Crippen LogP contribution is -2.22. The number of tetrazole rings is 1. The van der Waals surface area contributed by atoms with E-state index in [2.05, 4.69) is 20.6 Å². The van der Waals surface area contributed by atoms with Crippen LogP contribution in [0.15, 0.2) is 59.3 Å². The van der Waals surface area contributed by atoms with Crippen molar-refractivity contribution in [3.63, 3.8) is 0 Å². The Labute approximate surface area is 202 Å². The molecule has 0 atom stereocenters. The van der Waals surface area contributed by atoms with Crippen LogP contribution in [0.25, 0.3) is 33.4 Å². The molecule has 3 N–H and O–H groups in total. The minimum Gasteiger partial charge on any atom is -0.337 e. The molecule has 0 spiro atoms. The van der Waals surface area contributed by atoms with Gasteiger partial charge in [-0.2, -0.15) is 5.21 Å². The SMILES string of the molecule is Cc1c(-c2cccc(S(=O)(=O)N(C)C)c2)c2cc(-c3nn[nH]n3)ccc2n1CC(F)=CCN.Cl. The van der Waals surface area contributed by atoms with Gasteiger partial charge in [-0.25, -0.2) is 17.1 Å². The first kappa shape index (κ1) is 25.5. The molecule has 0 aliphatic rings. The van der Waals surface area contributed by atoms with Gasteiger partial charge in [0.2, 0.25) is 15.8 Å². The van der Waals surface area contributed by atoms with Crippen LogP contribution in [0.2, 0.25) is 0 Å². The van der Waals surface area contributed by atoms with Crippen molar-refractivity contribution in [2.45, 2.75) is 18.4 Å². The number of halogens is 2. The number of hydrogen-bond donors (Lipinski definition) is 2. The van der Waals surface area contributed by atoms with Gasteiger partial charge in [0.25, 0.3) is 0 Å². The fourth-order valence-corrected chi connectivity index (χ4v) is 4.79. The lowest BCUT2D eigenvalue weighted by molar-refractivity contribution is 0.521. The zero-order valence-corrected chi connectivity index (χ0v) is 20.5. The van der Waals surface area contributed by atoms with Crippen molar-refractivity contribution < 1.29 is 12.8 Å². The molecule has 2 heterocycles. The summed E-state index contributed by atoms with van der Waals surface area (Å²) in [6.07, 6.45) is 1.34. The molecule has 0 saturated carbocycles. The predicted molar refractivity (Wildman–Crippen MR) is 132 cm³/mol. The van der Waals surface area contributed by atoms with Gasteiger partial charge >= 0.3 is 0 Å². The summed E-state index contributed by atoms with van der Waals surface area (Å²) in [6.45, 7) is 1.99. The molecule has 0 saturated heterocycles. The number of fused-ring (bicyclic) bond motifs is 1. The number of sulfonamides is 1. The van der Waals surface area contributed by atoms with E-state index in [1.807, 2.05) is 35.8 Å². The molecule has 4 aromatic rings. The van der Waals surface area contributed by atoms with Gasteiger partial charge in [0.15, 0.2) is 0 Å². The fraction of sp³-hybridized carbons (Fsp3) is 0.227. The number of nitrogens with two attached hydrogens (primary N) is 1. The Morgan fingerprint density at radius 3 is 2.62 bits per heavy atom. The van der Waals surface area contributed by atoms with E-state index >= 15 is 0 Å². The summed E-state index contributed by atoms with van der Waals surface area (Å²) in [5, 5.41) is 15.0. The van der Waals surface area contributed by atoms with E-state index in [9.17, 15) is 12.8 Å². The number of hydrogen-bond acceptors (Lipinski definition) is 6. The van der Waals surface area contributed by atoms with Gasteiger partial charge in [-0.1, -0.05) is 12.1 Å². The highest BCUT2D eigenvalue weighted by atomic mass is 35.5. The zero-order valence-electron chi connectivity index (χ0n) is 18.9. The van der Waals surface area contributed by atoms with Crippen molar-refractivity contribution in [1.82, 2.24) is 29.5 Å². The first-order valence-electron chi connectivity index (χ1n) is 10.2. The summed E-state index contributed by atoms with van der Waals surface area (Å²) < 4.78 is 42.9. The zero-order chi connectivity index (χ0) is 23.8. The van der Waals surface area contributed by atoms with E-state index in [0.717, 1.165) is 27.7 Å². The van der Waals surface area contributed by atoms with Crippen LogP contribution < -0.4 is 5.73 Å². The molecule has 34 heavy (non-hydrogen) atoms. The van der Waals surface area contributed by atoms with Crippen LogP contribution in [0.1, 0.15) is 5.69 Å². The van der Waals surface area contributed by atoms with Crippen LogP contribution >= 0.6 is 12.4 Å². The lowest BCUT2D eigenvalue weighted by atomic mass is 10.0. The highest BCUT2D eigenvalue weighted by molar-refractivity contribution is 7.89. The topological polar surface area (TPSA) is 123 Å². The van der Waals surface area contributed by atoms with E-state index in [1.54, 1.807) is 18.2 Å². The Balaban J connectivity index is 0.00000324. The summed E-state index contributed by atoms with van der Waals surface area (Å²) in [6, 6.07) is 12.3. The van der Waals surface area contributed by atoms with Gasteiger partial charge in [-0.15, -0.1) is 22.6 Å². The molecule has 2 aromatic heterocycles. The van der Waals surface area contributed by atoms with E-state index < -0.39 is 10.0 Å². The second-order valence-corrected chi connectivity index (χ2v) is 9.87. The number of allylic oxidation sites excluding steroid dienone is 1. The van der Waals surface area contributed by atoms with Crippen molar-refractivity contribution in [2.24, 2.45) is 5.73 Å². The van der Waals surface area contributed by atoms with Crippen molar-refractivity contribution in [2.75, 3.05) is 20.6 Å². The molecule has 4 rings (SSSR count). The number of benzene rings is 2. The van der Waals surface area contributed by atoms with E-state index in [-0.39, 0.29) is 36.2 Å². The minimum atomic E-state index is -3.63. The molecular weight excluding hydrogens is 481 g/mol. The molecule has 0 aliphatic heterocycles. The van der Waals surface area contributed by atoms with Gasteiger partial charge < -0.3 is 10.3 Å². The van der Waals surface area contributed by atoms with E-state index in [1.165, 1.54) is 24.5 Å². The largest absolute Gasteiger partial charge is 0.337 e. The second-order valence-electron chi connectivity index (χ2n) is 7.72. The Morgan fingerprint density at radius 1 is 1.21 bits per heavy atom. The molecule has 2 aromatic carbocycles. The van der Waals surface area contributed by atoms with Crippen molar-refractivity contribution in [1.29, 1.82) is 0 Å². The van der Waals surface area contributed by atoms with Gasteiger partial charge in [0.05, 0.1) is 11.4 Å². The maximum atomic E-state index is 14.5. The first-order valence-corrected chi connectivity index (χ1v) is 11.6. The predicted octanol–water partition coefficient (Wildman–Crippen LogP) is 3.28. The highest BCUT2D eigenvalue weighted by Crippen LogP contribution is 2.38. The standard InChI is InChI=1S/C22H24FN7O2S.ClH/c1-14-21(15-5-4-6-18(11-15)33(31,32)29(2)3)19-12-16(22-25-27-28-26-22)7-8-20(19)30(14)13-17(23)9-10-24;/h4-9,11-12H,10,13,24H2,1-3H3,(H,25,26,27,28);1H. The van der Waals surface area contributed by atoms with Crippen LogP contribution in [0.4, 0.5) is 4.39 Å². The smallest absolute Gasteiger partial charge is 0.242 e. The number of nitrogens with one attached hydrogen (secondary N) is 1. The highest BCUT2D eigenvalue weighted by Gasteiger charge is 2.21. The van der Waals surface area contributed by atoms with Crippen molar-refractivity contribution >= 4 is 33.3 Å². The van der Waals surface area contributed by atoms with E-state index in [4.69, 9.17) is 5.73 Å². The second kappa shape index (κ2) is 10.0. The fourth-order valence-electron chi connectivity index (χ4n) is 3.84. The molecule has 0 aliphatic carbocycles. The number of aromatic nitrogens is 5. The molecule has 0 radical (unpaired) electrons. The normalized spacial score (nSPS) is 12.4. The summed E-state index contributed by atoms with van der Waals surface area (Å²) in [4.78, 5) is 0.175. The Kier molecular flexibility index (Phi) is 7.51. The molecule has 9 nitrogen and oxygen atoms in total. The Hall–Kier alpha value is -3.12. The molecule has 12 heteroatoms. The average Bonchev–Trinajstić information content (AvgIpc) is 3.41. The minimum absolute atomic E-state index is 0. The van der Waals surface area contributed by atoms with Crippen molar-refractivity contribution in [3.8, 4) is 22.5 Å². The molecule has 0 unspecified atom stereocenters. The lowest BCUT2D eigenvalue weighted by Gasteiger charge is -2.13. The van der Waals surface area contributed by atoms with Crippen molar-refractivity contribution in [3.05, 3.63) is 60.1 Å². The maximum Gasteiger partial charge on any atom is 0.242 e. The van der Waals surface area contributed by atoms with Crippen LogP contribution in [0, 0.1) is 6.92 Å². The molecule has 0 fully saturated rings. The monoisotopic (exact) mass is 505 g/mol. The first-order chi connectivity index (χ1) is 15.7. The third-order valence-electron chi connectivity index (χ3n) is 5.48. The average molecular weight is 506 g/mol. The van der Waals surface area contributed by atoms with E-state index in [0.29, 0.717) is 11.4 Å². The summed E-state index contributed by atoms with van der Waals surface area (Å²) in [5.74, 6) is 0.0710. The van der Waals surface area contributed by atoms with Gasteiger partial charge in [-0.3, -0.25) is 0 Å². The third-order valence-corrected chi connectivity index (χ3v) is 7.29. The van der Waals surface area contributed by atoms with Crippen LogP contribution in [0.3, 0.4) is 0 Å². The Morgan fingerprint density at radius 2 is 1.97 bits per heavy atom. The maximum absolute atomic E-state index is 14.5.